The molecule has 9 heteroatoms. The Balaban J connectivity index is 1.37. The molecule has 3 atom stereocenters. The van der Waals surface area contributed by atoms with E-state index in [9.17, 15) is 9.90 Å². The van der Waals surface area contributed by atoms with E-state index in [2.05, 4.69) is 15.5 Å². The first-order valence-corrected chi connectivity index (χ1v) is 8.77. The van der Waals surface area contributed by atoms with E-state index in [-0.39, 0.29) is 17.9 Å². The van der Waals surface area contributed by atoms with Crippen molar-refractivity contribution in [3.05, 3.63) is 34.9 Å². The van der Waals surface area contributed by atoms with Gasteiger partial charge in [0.05, 0.1) is 48.8 Å². The molecule has 1 fully saturated rings. The molecular weight excluding hydrogens is 346 g/mol. The first-order chi connectivity index (χ1) is 12.1. The molecule has 1 aliphatic carbocycles. The fourth-order valence-electron chi connectivity index (χ4n) is 3.57. The van der Waals surface area contributed by atoms with Crippen molar-refractivity contribution in [2.24, 2.45) is 5.92 Å². The molecule has 0 spiro atoms. The van der Waals surface area contributed by atoms with Gasteiger partial charge in [-0.2, -0.15) is 10.2 Å². The molecule has 2 aromatic heterocycles. The number of aromatic nitrogens is 4. The molecule has 0 radical (unpaired) electrons. The number of ether oxygens (including phenoxy) is 1. The highest BCUT2D eigenvalue weighted by Crippen LogP contribution is 2.28. The van der Waals surface area contributed by atoms with E-state index < -0.39 is 6.10 Å². The summed E-state index contributed by atoms with van der Waals surface area (Å²) in [5.74, 6) is -0.0198. The molecule has 134 valence electrons. The molecule has 1 saturated carbocycles. The summed E-state index contributed by atoms with van der Waals surface area (Å²) in [7, 11) is 0. The molecule has 0 bridgehead atoms. The monoisotopic (exact) mass is 365 g/mol. The maximum Gasteiger partial charge on any atom is 0.272 e. The average Bonchev–Trinajstić information content (AvgIpc) is 3.27. The number of nitrogens with one attached hydrogen (secondary N) is 1. The number of amides is 1. The van der Waals surface area contributed by atoms with Gasteiger partial charge in [-0.25, -0.2) is 0 Å². The molecule has 2 aliphatic rings. The van der Waals surface area contributed by atoms with Crippen molar-refractivity contribution in [2.75, 3.05) is 6.61 Å². The second-order valence-electron chi connectivity index (χ2n) is 6.66. The van der Waals surface area contributed by atoms with Gasteiger partial charge in [-0.05, 0) is 24.8 Å². The van der Waals surface area contributed by atoms with E-state index in [0.29, 0.717) is 49.9 Å². The Morgan fingerprint density at radius 2 is 2.36 bits per heavy atom. The smallest absolute Gasteiger partial charge is 0.272 e. The number of nitrogens with zero attached hydrogens (tertiary/aromatic N) is 4. The summed E-state index contributed by atoms with van der Waals surface area (Å²) < 4.78 is 8.93. The van der Waals surface area contributed by atoms with Gasteiger partial charge in [0.15, 0.2) is 5.69 Å². The molecule has 1 amide bonds. The lowest BCUT2D eigenvalue weighted by atomic mass is 10.1. The van der Waals surface area contributed by atoms with Crippen LogP contribution in [-0.2, 0) is 24.4 Å². The zero-order valence-corrected chi connectivity index (χ0v) is 14.4. The Labute approximate surface area is 149 Å². The minimum absolute atomic E-state index is 0.236. The normalized spacial score (nSPS) is 25.8. The minimum Gasteiger partial charge on any atom is -0.391 e. The Bertz CT molecular complexity index is 750. The van der Waals surface area contributed by atoms with Gasteiger partial charge in [0, 0.05) is 12.7 Å². The maximum atomic E-state index is 12.5. The van der Waals surface area contributed by atoms with Crippen molar-refractivity contribution in [1.82, 2.24) is 24.9 Å². The van der Waals surface area contributed by atoms with E-state index in [0.717, 1.165) is 5.69 Å². The predicted molar refractivity (Wildman–Crippen MR) is 89.1 cm³/mol. The zero-order chi connectivity index (χ0) is 17.4. The third-order valence-electron chi connectivity index (χ3n) is 4.78. The molecule has 0 aromatic carbocycles. The lowest BCUT2D eigenvalue weighted by Gasteiger charge is -2.15. The number of carbonyl (C=O) groups excluding carboxylic acids is 1. The fraction of sp³-hybridized carbons (Fsp3) is 0.562. The average molecular weight is 366 g/mol. The van der Waals surface area contributed by atoms with Crippen LogP contribution in [0.3, 0.4) is 0 Å². The fourth-order valence-corrected chi connectivity index (χ4v) is 3.73. The lowest BCUT2D eigenvalue weighted by molar-refractivity contribution is 0.0794. The topological polar surface area (TPSA) is 94.2 Å². The van der Waals surface area contributed by atoms with Gasteiger partial charge >= 0.3 is 0 Å². The van der Waals surface area contributed by atoms with Crippen LogP contribution in [0.2, 0.25) is 5.02 Å². The van der Waals surface area contributed by atoms with Gasteiger partial charge in [0.1, 0.15) is 0 Å². The molecule has 8 nitrogen and oxygen atoms in total. The number of aliphatic hydroxyl groups is 1. The van der Waals surface area contributed by atoms with E-state index in [4.69, 9.17) is 16.3 Å². The van der Waals surface area contributed by atoms with Crippen molar-refractivity contribution in [3.63, 3.8) is 0 Å². The van der Waals surface area contributed by atoms with Crippen LogP contribution in [0.25, 0.3) is 0 Å². The standard InChI is InChI=1S/C16H20ClN5O3/c17-11-6-18-21(8-11)7-10-3-13(15(23)4-10)19-16(24)14-5-12-9-25-2-1-22(12)20-14/h5-6,8,10,13,15,23H,1-4,7,9H2,(H,19,24)/t10?,13-,15-/m1/s1. The lowest BCUT2D eigenvalue weighted by Crippen LogP contribution is -2.40. The van der Waals surface area contributed by atoms with Crippen molar-refractivity contribution in [2.45, 2.75) is 44.7 Å². The number of aliphatic hydroxyl groups excluding tert-OH is 1. The van der Waals surface area contributed by atoms with Crippen LogP contribution in [0.5, 0.6) is 0 Å². The molecule has 3 heterocycles. The van der Waals surface area contributed by atoms with E-state index in [1.54, 1.807) is 27.8 Å². The number of hydrogen-bond donors (Lipinski definition) is 2. The highest BCUT2D eigenvalue weighted by Gasteiger charge is 2.35. The van der Waals surface area contributed by atoms with E-state index in [1.165, 1.54) is 0 Å². The van der Waals surface area contributed by atoms with E-state index in [1.807, 2.05) is 0 Å². The van der Waals surface area contributed by atoms with Crippen molar-refractivity contribution >= 4 is 17.5 Å². The first kappa shape index (κ1) is 16.6. The molecule has 1 unspecified atom stereocenters. The summed E-state index contributed by atoms with van der Waals surface area (Å²) in [4.78, 5) is 12.5. The van der Waals surface area contributed by atoms with E-state index >= 15 is 0 Å². The minimum atomic E-state index is -0.569. The second-order valence-corrected chi connectivity index (χ2v) is 7.10. The Morgan fingerprint density at radius 3 is 3.12 bits per heavy atom. The van der Waals surface area contributed by atoms with Gasteiger partial charge in [-0.15, -0.1) is 0 Å². The van der Waals surface area contributed by atoms with Gasteiger partial charge in [-0.3, -0.25) is 14.2 Å². The Morgan fingerprint density at radius 1 is 1.48 bits per heavy atom. The van der Waals surface area contributed by atoms with Gasteiger partial charge in [-0.1, -0.05) is 11.6 Å². The number of hydrogen-bond acceptors (Lipinski definition) is 5. The van der Waals surface area contributed by atoms with Crippen LogP contribution in [0.15, 0.2) is 18.5 Å². The van der Waals surface area contributed by atoms with Crippen molar-refractivity contribution < 1.29 is 14.6 Å². The SMILES string of the molecule is O=C(N[C@@H]1CC(Cn2cc(Cl)cn2)C[C@H]1O)c1cc2n(n1)CCOC2. The first-order valence-electron chi connectivity index (χ1n) is 8.40. The van der Waals surface area contributed by atoms with Crippen LogP contribution in [0.1, 0.15) is 29.0 Å². The third-order valence-corrected chi connectivity index (χ3v) is 4.98. The summed E-state index contributed by atoms with van der Waals surface area (Å²) in [6.45, 7) is 2.41. The molecular formula is C16H20ClN5O3. The number of carbonyl (C=O) groups is 1. The summed E-state index contributed by atoms with van der Waals surface area (Å²) >= 11 is 5.88. The number of rotatable bonds is 4. The Hall–Kier alpha value is -1.90. The highest BCUT2D eigenvalue weighted by atomic mass is 35.5. The molecule has 4 rings (SSSR count). The zero-order valence-electron chi connectivity index (χ0n) is 13.6. The third kappa shape index (κ3) is 3.56. The molecule has 1 aliphatic heterocycles. The van der Waals surface area contributed by atoms with Gasteiger partial charge in [0.2, 0.25) is 0 Å². The maximum absolute atomic E-state index is 12.5. The molecule has 0 saturated heterocycles. The number of halogens is 1. The highest BCUT2D eigenvalue weighted by molar-refractivity contribution is 6.30. The van der Waals surface area contributed by atoms with Crippen LogP contribution >= 0.6 is 11.6 Å². The van der Waals surface area contributed by atoms with Crippen LogP contribution in [-0.4, -0.2) is 49.3 Å². The van der Waals surface area contributed by atoms with Crippen LogP contribution < -0.4 is 5.32 Å². The predicted octanol–water partition coefficient (Wildman–Crippen LogP) is 0.833. The summed E-state index contributed by atoms with van der Waals surface area (Å²) in [5.41, 5.74) is 1.27. The summed E-state index contributed by atoms with van der Waals surface area (Å²) in [6, 6.07) is 1.47. The number of fused-ring (bicyclic) bond motifs is 1. The Kier molecular flexibility index (Phi) is 4.49. The largest absolute Gasteiger partial charge is 0.391 e. The van der Waals surface area contributed by atoms with Gasteiger partial charge in [0.25, 0.3) is 5.91 Å². The molecule has 2 N–H and O–H groups in total. The van der Waals surface area contributed by atoms with Crippen LogP contribution in [0.4, 0.5) is 0 Å². The molecule has 2 aromatic rings. The van der Waals surface area contributed by atoms with Crippen LogP contribution in [0, 0.1) is 5.92 Å². The van der Waals surface area contributed by atoms with Crippen molar-refractivity contribution in [1.29, 1.82) is 0 Å². The summed E-state index contributed by atoms with van der Waals surface area (Å²) in [5, 5.41) is 22.3. The summed E-state index contributed by atoms with van der Waals surface area (Å²) in [6.07, 6.45) is 4.10. The molecule has 25 heavy (non-hydrogen) atoms. The quantitative estimate of drug-likeness (QED) is 0.837. The van der Waals surface area contributed by atoms with Crippen molar-refractivity contribution in [3.8, 4) is 0 Å². The second kappa shape index (κ2) is 6.78. The van der Waals surface area contributed by atoms with Gasteiger partial charge < -0.3 is 15.2 Å².